The van der Waals surface area contributed by atoms with Crippen molar-refractivity contribution < 1.29 is 18.7 Å². The van der Waals surface area contributed by atoms with E-state index < -0.39 is 11.5 Å². The molecule has 44 heavy (non-hydrogen) atoms. The van der Waals surface area contributed by atoms with Crippen LogP contribution in [0.4, 0.5) is 0 Å². The Hall–Kier alpha value is -4.19. The third-order valence-corrected chi connectivity index (χ3v) is 9.20. The Morgan fingerprint density at radius 1 is 1.14 bits per heavy atom. The Bertz CT molecular complexity index is 1910. The predicted octanol–water partition coefficient (Wildman–Crippen LogP) is 5.10. The van der Waals surface area contributed by atoms with Gasteiger partial charge >= 0.3 is 5.76 Å². The minimum Gasteiger partial charge on any atom is -0.443 e. The molecule has 3 aliphatic rings. The third kappa shape index (κ3) is 4.75. The molecule has 2 saturated heterocycles. The van der Waals surface area contributed by atoms with Crippen LogP contribution in [0.25, 0.3) is 22.4 Å². The number of fused-ring (bicyclic) bond motifs is 2. The summed E-state index contributed by atoms with van der Waals surface area (Å²) < 4.78 is 25.6. The number of aromatic amines is 1. The molecule has 8 rings (SSSR count). The number of pyridine rings is 1. The average molecular weight is 615 g/mol. The third-order valence-electron chi connectivity index (χ3n) is 8.98. The van der Waals surface area contributed by atoms with Crippen LogP contribution in [0.15, 0.2) is 64.0 Å². The van der Waals surface area contributed by atoms with Gasteiger partial charge in [0, 0.05) is 49.9 Å². The fraction of sp³-hybridized carbons (Fsp3) is 0.375. The summed E-state index contributed by atoms with van der Waals surface area (Å²) in [6.07, 6.45) is 2.78. The van der Waals surface area contributed by atoms with Gasteiger partial charge in [-0.2, -0.15) is 0 Å². The Morgan fingerprint density at radius 3 is 2.77 bits per heavy atom. The highest BCUT2D eigenvalue weighted by Gasteiger charge is 2.43. The highest BCUT2D eigenvalue weighted by molar-refractivity contribution is 6.30. The second-order valence-electron chi connectivity index (χ2n) is 12.0. The molecule has 3 unspecified atom stereocenters. The van der Waals surface area contributed by atoms with Crippen molar-refractivity contribution in [1.29, 1.82) is 0 Å². The summed E-state index contributed by atoms with van der Waals surface area (Å²) in [6, 6.07) is 15.6. The van der Waals surface area contributed by atoms with Crippen molar-refractivity contribution in [2.24, 2.45) is 5.92 Å². The fourth-order valence-corrected chi connectivity index (χ4v) is 6.73. The molecule has 1 N–H and O–H groups in total. The van der Waals surface area contributed by atoms with Gasteiger partial charge in [-0.1, -0.05) is 35.8 Å². The monoisotopic (exact) mass is 614 g/mol. The van der Waals surface area contributed by atoms with E-state index in [2.05, 4.69) is 37.6 Å². The van der Waals surface area contributed by atoms with Gasteiger partial charge in [-0.25, -0.2) is 9.78 Å². The van der Waals surface area contributed by atoms with Gasteiger partial charge in [0.15, 0.2) is 17.3 Å². The van der Waals surface area contributed by atoms with Gasteiger partial charge in [0.2, 0.25) is 0 Å². The molecule has 2 aromatic carbocycles. The SMILES string of the molecule is CC1CN(Cc2nc3ccc(-c4noc(=O)[nH]4)cc3n2C[C@@H]2CCO2)CC1c1cccc2c1OC(C)(c1ccc(Cl)cn1)O2. The topological polar surface area (TPSA) is 121 Å². The first-order valence-electron chi connectivity index (χ1n) is 14.9. The molecule has 4 atom stereocenters. The van der Waals surface area contributed by atoms with E-state index in [1.165, 1.54) is 0 Å². The van der Waals surface area contributed by atoms with Gasteiger partial charge in [0.05, 0.1) is 35.2 Å². The Labute approximate surface area is 257 Å². The molecule has 12 heteroatoms. The van der Waals surface area contributed by atoms with Gasteiger partial charge in [-0.05, 0) is 48.7 Å². The lowest BCUT2D eigenvalue weighted by Gasteiger charge is -2.28. The molecule has 0 aliphatic carbocycles. The Morgan fingerprint density at radius 2 is 2.02 bits per heavy atom. The van der Waals surface area contributed by atoms with Gasteiger partial charge in [-0.3, -0.25) is 19.4 Å². The van der Waals surface area contributed by atoms with E-state index in [1.54, 1.807) is 12.3 Å². The maximum atomic E-state index is 11.6. The zero-order valence-electron chi connectivity index (χ0n) is 24.3. The first-order chi connectivity index (χ1) is 21.3. The number of likely N-dealkylation sites (tertiary alicyclic amines) is 1. The lowest BCUT2D eigenvalue weighted by molar-refractivity contribution is -0.0722. The average Bonchev–Trinajstić information content (AvgIpc) is 3.75. The van der Waals surface area contributed by atoms with E-state index in [1.807, 2.05) is 43.3 Å². The highest BCUT2D eigenvalue weighted by atomic mass is 35.5. The largest absolute Gasteiger partial charge is 0.443 e. The standard InChI is InChI=1S/C32H31ClN6O5/c1-18-14-38(16-23(18)22-4-3-5-26-29(22)43-32(2,42-26)27-9-7-20(33)13-34-27)17-28-35-24-8-6-19(30-36-31(40)44-37-30)12-25(24)39(28)15-21-10-11-41-21/h3-9,12-13,18,21,23H,10-11,14-17H2,1-2H3,(H,36,37,40)/t18?,21-,23?,32?/m0/s1. The smallest absolute Gasteiger partial charge is 0.439 e. The summed E-state index contributed by atoms with van der Waals surface area (Å²) in [5, 5.41) is 4.43. The molecule has 6 heterocycles. The van der Waals surface area contributed by atoms with E-state index in [9.17, 15) is 4.79 Å². The molecule has 0 saturated carbocycles. The number of H-pyrrole nitrogens is 1. The molecule has 3 aliphatic heterocycles. The number of hydrogen-bond donors (Lipinski definition) is 1. The van der Waals surface area contributed by atoms with Gasteiger partial charge in [-0.15, -0.1) is 0 Å². The van der Waals surface area contributed by atoms with E-state index >= 15 is 0 Å². The number of ether oxygens (including phenoxy) is 3. The van der Waals surface area contributed by atoms with Crippen LogP contribution in [-0.2, 0) is 23.6 Å². The molecular weight excluding hydrogens is 584 g/mol. The molecule has 226 valence electrons. The summed E-state index contributed by atoms with van der Waals surface area (Å²) in [6.45, 7) is 8.13. The number of nitrogens with one attached hydrogen (secondary N) is 1. The number of imidazole rings is 1. The summed E-state index contributed by atoms with van der Waals surface area (Å²) in [7, 11) is 0. The van der Waals surface area contributed by atoms with Crippen molar-refractivity contribution in [1.82, 2.24) is 29.6 Å². The van der Waals surface area contributed by atoms with E-state index in [4.69, 9.17) is 35.3 Å². The lowest BCUT2D eigenvalue weighted by Crippen LogP contribution is -2.32. The minimum absolute atomic E-state index is 0.153. The number of hydrogen-bond acceptors (Lipinski definition) is 9. The van der Waals surface area contributed by atoms with E-state index in [-0.39, 0.29) is 12.0 Å². The van der Waals surface area contributed by atoms with Crippen LogP contribution in [0.5, 0.6) is 11.5 Å². The van der Waals surface area contributed by atoms with Crippen LogP contribution in [-0.4, -0.2) is 55.4 Å². The van der Waals surface area contributed by atoms with E-state index in [0.29, 0.717) is 35.5 Å². The maximum absolute atomic E-state index is 11.6. The predicted molar refractivity (Wildman–Crippen MR) is 162 cm³/mol. The molecule has 0 radical (unpaired) electrons. The molecular formula is C32H31ClN6O5. The van der Waals surface area contributed by atoms with Crippen LogP contribution < -0.4 is 15.2 Å². The molecule has 2 fully saturated rings. The van der Waals surface area contributed by atoms with Gasteiger partial charge in [0.25, 0.3) is 5.79 Å². The number of para-hydroxylation sites is 1. The number of aromatic nitrogens is 5. The molecule has 3 aromatic heterocycles. The molecule has 0 bridgehead atoms. The summed E-state index contributed by atoms with van der Waals surface area (Å²) in [4.78, 5) is 26.2. The number of benzene rings is 2. The summed E-state index contributed by atoms with van der Waals surface area (Å²) >= 11 is 6.07. The zero-order valence-corrected chi connectivity index (χ0v) is 25.1. The zero-order chi connectivity index (χ0) is 30.0. The van der Waals surface area contributed by atoms with Crippen molar-refractivity contribution in [3.63, 3.8) is 0 Å². The first-order valence-corrected chi connectivity index (χ1v) is 15.2. The van der Waals surface area contributed by atoms with E-state index in [0.717, 1.165) is 65.6 Å². The summed E-state index contributed by atoms with van der Waals surface area (Å²) in [5.41, 5.74) is 4.43. The van der Waals surface area contributed by atoms with Crippen molar-refractivity contribution in [2.45, 2.75) is 51.2 Å². The Balaban J connectivity index is 1.07. The first kappa shape index (κ1) is 27.4. The van der Waals surface area contributed by atoms with Crippen LogP contribution in [0.1, 0.15) is 43.3 Å². The second-order valence-corrected chi connectivity index (χ2v) is 12.5. The van der Waals surface area contributed by atoms with Crippen molar-refractivity contribution in [3.8, 4) is 22.9 Å². The van der Waals surface area contributed by atoms with Gasteiger partial charge < -0.3 is 18.8 Å². The number of halogens is 1. The highest BCUT2D eigenvalue weighted by Crippen LogP contribution is 2.50. The van der Waals surface area contributed by atoms with Crippen LogP contribution in [0.3, 0.4) is 0 Å². The number of nitrogens with zero attached hydrogens (tertiary/aromatic N) is 5. The Kier molecular flexibility index (Phi) is 6.51. The van der Waals surface area contributed by atoms with Crippen molar-refractivity contribution >= 4 is 22.6 Å². The minimum atomic E-state index is -1.03. The van der Waals surface area contributed by atoms with Gasteiger partial charge in [0.1, 0.15) is 11.5 Å². The van der Waals surface area contributed by atoms with Crippen LogP contribution >= 0.6 is 11.6 Å². The molecule has 5 aromatic rings. The molecule has 0 spiro atoms. The van der Waals surface area contributed by atoms with Crippen LogP contribution in [0.2, 0.25) is 5.02 Å². The molecule has 11 nitrogen and oxygen atoms in total. The fourth-order valence-electron chi connectivity index (χ4n) is 6.62. The quantitative estimate of drug-likeness (QED) is 0.267. The summed E-state index contributed by atoms with van der Waals surface area (Å²) in [5.74, 6) is 1.89. The van der Waals surface area contributed by atoms with Crippen molar-refractivity contribution in [2.75, 3.05) is 19.7 Å². The maximum Gasteiger partial charge on any atom is 0.439 e. The molecule has 0 amide bonds. The number of rotatable bonds is 7. The van der Waals surface area contributed by atoms with Crippen molar-refractivity contribution in [3.05, 3.63) is 87.4 Å². The van der Waals surface area contributed by atoms with Crippen LogP contribution in [0, 0.1) is 5.92 Å². The second kappa shape index (κ2) is 10.5. The normalized spacial score (nSPS) is 24.7. The lowest BCUT2D eigenvalue weighted by atomic mass is 9.89.